The number of carbonyl (C=O) groups is 2. The van der Waals surface area contributed by atoms with E-state index >= 15 is 0 Å². The van der Waals surface area contributed by atoms with Crippen molar-refractivity contribution < 1.29 is 19.4 Å². The standard InChI is InChI=1S/C13H13NO4/c1-7(15)11-9-6-8(18-3)4-5-10(9)14(2)12(11)13(16)17/h4-6H,1-3H3,(H,16,17). The fourth-order valence-electron chi connectivity index (χ4n) is 2.16. The van der Waals surface area contributed by atoms with Gasteiger partial charge in [0.15, 0.2) is 5.78 Å². The maximum atomic E-state index is 11.7. The highest BCUT2D eigenvalue weighted by molar-refractivity contribution is 6.14. The van der Waals surface area contributed by atoms with Crippen molar-refractivity contribution >= 4 is 22.7 Å². The number of benzene rings is 1. The predicted octanol–water partition coefficient (Wildman–Crippen LogP) is 2.09. The molecule has 0 spiro atoms. The van der Waals surface area contributed by atoms with Crippen LogP contribution in [0.1, 0.15) is 27.8 Å². The third-order valence-corrected chi connectivity index (χ3v) is 2.96. The van der Waals surface area contributed by atoms with Gasteiger partial charge in [-0.1, -0.05) is 0 Å². The summed E-state index contributed by atoms with van der Waals surface area (Å²) in [5.74, 6) is -0.795. The molecule has 1 N–H and O–H groups in total. The van der Waals surface area contributed by atoms with Crippen LogP contribution in [0.25, 0.3) is 10.9 Å². The zero-order chi connectivity index (χ0) is 13.4. The van der Waals surface area contributed by atoms with E-state index in [0.717, 1.165) is 0 Å². The van der Waals surface area contributed by atoms with Gasteiger partial charge in [-0.25, -0.2) is 4.79 Å². The molecule has 0 radical (unpaired) electrons. The Morgan fingerprint density at radius 3 is 2.50 bits per heavy atom. The van der Waals surface area contributed by atoms with Gasteiger partial charge in [0.1, 0.15) is 11.4 Å². The van der Waals surface area contributed by atoms with E-state index in [1.807, 2.05) is 0 Å². The van der Waals surface area contributed by atoms with Crippen molar-refractivity contribution in [1.82, 2.24) is 4.57 Å². The Morgan fingerprint density at radius 2 is 2.00 bits per heavy atom. The molecule has 2 aromatic rings. The number of ketones is 1. The minimum atomic E-state index is -1.11. The smallest absolute Gasteiger partial charge is 0.353 e. The van der Waals surface area contributed by atoms with Gasteiger partial charge in [-0.2, -0.15) is 0 Å². The Morgan fingerprint density at radius 1 is 1.33 bits per heavy atom. The molecule has 1 aromatic carbocycles. The largest absolute Gasteiger partial charge is 0.497 e. The number of fused-ring (bicyclic) bond motifs is 1. The maximum Gasteiger partial charge on any atom is 0.353 e. The van der Waals surface area contributed by atoms with Gasteiger partial charge >= 0.3 is 5.97 Å². The monoisotopic (exact) mass is 247 g/mol. The van der Waals surface area contributed by atoms with Crippen molar-refractivity contribution in [1.29, 1.82) is 0 Å². The first-order valence-electron chi connectivity index (χ1n) is 5.38. The summed E-state index contributed by atoms with van der Waals surface area (Å²) in [6, 6.07) is 5.16. The number of methoxy groups -OCH3 is 1. The van der Waals surface area contributed by atoms with Crippen LogP contribution < -0.4 is 4.74 Å². The average molecular weight is 247 g/mol. The molecule has 0 aliphatic rings. The third-order valence-electron chi connectivity index (χ3n) is 2.96. The Balaban J connectivity index is 2.92. The summed E-state index contributed by atoms with van der Waals surface area (Å²) in [6.07, 6.45) is 0. The fourth-order valence-corrected chi connectivity index (χ4v) is 2.16. The number of carboxylic acid groups (broad SMARTS) is 1. The van der Waals surface area contributed by atoms with Gasteiger partial charge in [-0.05, 0) is 25.1 Å². The van der Waals surface area contributed by atoms with Gasteiger partial charge in [0.05, 0.1) is 12.7 Å². The van der Waals surface area contributed by atoms with E-state index in [0.29, 0.717) is 16.7 Å². The third kappa shape index (κ3) is 1.64. The molecule has 5 heteroatoms. The van der Waals surface area contributed by atoms with Gasteiger partial charge in [0, 0.05) is 18.0 Å². The number of hydrogen-bond acceptors (Lipinski definition) is 3. The van der Waals surface area contributed by atoms with E-state index in [2.05, 4.69) is 0 Å². The van der Waals surface area contributed by atoms with Crippen LogP contribution in [0.4, 0.5) is 0 Å². The van der Waals surface area contributed by atoms with Crippen molar-refractivity contribution in [2.45, 2.75) is 6.92 Å². The Labute approximate surface area is 104 Å². The summed E-state index contributed by atoms with van der Waals surface area (Å²) in [6.45, 7) is 1.36. The minimum Gasteiger partial charge on any atom is -0.497 e. The summed E-state index contributed by atoms with van der Waals surface area (Å²) in [5.41, 5.74) is 0.919. The first-order valence-corrected chi connectivity index (χ1v) is 5.38. The quantitative estimate of drug-likeness (QED) is 0.843. The number of hydrogen-bond donors (Lipinski definition) is 1. The molecule has 0 bridgehead atoms. The van der Waals surface area contributed by atoms with Gasteiger partial charge in [-0.3, -0.25) is 4.79 Å². The van der Waals surface area contributed by atoms with E-state index in [9.17, 15) is 14.7 Å². The minimum absolute atomic E-state index is 0.00533. The molecule has 94 valence electrons. The molecule has 0 fully saturated rings. The lowest BCUT2D eigenvalue weighted by atomic mass is 10.1. The zero-order valence-electron chi connectivity index (χ0n) is 10.4. The van der Waals surface area contributed by atoms with Crippen LogP contribution in [0.15, 0.2) is 18.2 Å². The second-order valence-electron chi connectivity index (χ2n) is 4.03. The summed E-state index contributed by atoms with van der Waals surface area (Å²) in [4.78, 5) is 22.9. The van der Waals surface area contributed by atoms with E-state index in [4.69, 9.17) is 4.74 Å². The second-order valence-corrected chi connectivity index (χ2v) is 4.03. The van der Waals surface area contributed by atoms with Gasteiger partial charge < -0.3 is 14.4 Å². The van der Waals surface area contributed by atoms with Crippen LogP contribution in [-0.2, 0) is 7.05 Å². The highest BCUT2D eigenvalue weighted by Crippen LogP contribution is 2.29. The number of aryl methyl sites for hydroxylation is 1. The molecule has 18 heavy (non-hydrogen) atoms. The number of rotatable bonds is 3. The van der Waals surface area contributed by atoms with Crippen LogP contribution in [0.3, 0.4) is 0 Å². The molecule has 0 aliphatic carbocycles. The Hall–Kier alpha value is -2.30. The second kappa shape index (κ2) is 4.18. The van der Waals surface area contributed by atoms with Gasteiger partial charge in [0.2, 0.25) is 0 Å². The van der Waals surface area contributed by atoms with Crippen molar-refractivity contribution in [2.75, 3.05) is 7.11 Å². The molecule has 0 amide bonds. The number of nitrogens with zero attached hydrogens (tertiary/aromatic N) is 1. The molecular weight excluding hydrogens is 234 g/mol. The zero-order valence-corrected chi connectivity index (χ0v) is 10.4. The summed E-state index contributed by atoms with van der Waals surface area (Å²) < 4.78 is 6.61. The van der Waals surface area contributed by atoms with Gasteiger partial charge in [-0.15, -0.1) is 0 Å². The van der Waals surface area contributed by atoms with Crippen molar-refractivity contribution in [3.05, 3.63) is 29.5 Å². The molecule has 0 atom stereocenters. The molecule has 2 rings (SSSR count). The van der Waals surface area contributed by atoms with Gasteiger partial charge in [0.25, 0.3) is 0 Å². The Bertz CT molecular complexity index is 655. The number of carboxylic acids is 1. The molecule has 0 aliphatic heterocycles. The number of Topliss-reactive ketones (excluding diaryl/α,β-unsaturated/α-hetero) is 1. The first-order chi connectivity index (χ1) is 8.47. The Kier molecular flexibility index (Phi) is 2.82. The van der Waals surface area contributed by atoms with Crippen LogP contribution in [0.5, 0.6) is 5.75 Å². The van der Waals surface area contributed by atoms with Crippen LogP contribution in [-0.4, -0.2) is 28.5 Å². The fraction of sp³-hybridized carbons (Fsp3) is 0.231. The topological polar surface area (TPSA) is 68.5 Å². The van der Waals surface area contributed by atoms with Crippen molar-refractivity contribution in [2.24, 2.45) is 7.05 Å². The maximum absolute atomic E-state index is 11.7. The molecule has 1 heterocycles. The SMILES string of the molecule is COc1ccc2c(c1)c(C(C)=O)c(C(=O)O)n2C. The van der Waals surface area contributed by atoms with Crippen LogP contribution >= 0.6 is 0 Å². The first kappa shape index (κ1) is 12.2. The number of carbonyl (C=O) groups excluding carboxylic acids is 1. The highest BCUT2D eigenvalue weighted by atomic mass is 16.5. The van der Waals surface area contributed by atoms with Crippen LogP contribution in [0, 0.1) is 0 Å². The number of aromatic nitrogens is 1. The number of aromatic carboxylic acids is 1. The van der Waals surface area contributed by atoms with E-state index in [1.165, 1.54) is 18.6 Å². The number of ether oxygens (including phenoxy) is 1. The lowest BCUT2D eigenvalue weighted by Gasteiger charge is -2.00. The summed E-state index contributed by atoms with van der Waals surface area (Å²) in [5, 5.41) is 9.82. The summed E-state index contributed by atoms with van der Waals surface area (Å²) in [7, 11) is 3.15. The van der Waals surface area contributed by atoms with Crippen molar-refractivity contribution in [3.8, 4) is 5.75 Å². The summed E-state index contributed by atoms with van der Waals surface area (Å²) >= 11 is 0. The van der Waals surface area contributed by atoms with E-state index < -0.39 is 5.97 Å². The molecule has 1 aromatic heterocycles. The van der Waals surface area contributed by atoms with Crippen LogP contribution in [0.2, 0.25) is 0 Å². The lowest BCUT2D eigenvalue weighted by Crippen LogP contribution is -2.09. The van der Waals surface area contributed by atoms with Crippen molar-refractivity contribution in [3.63, 3.8) is 0 Å². The molecule has 0 saturated heterocycles. The highest BCUT2D eigenvalue weighted by Gasteiger charge is 2.23. The molecule has 0 saturated carbocycles. The van der Waals surface area contributed by atoms with E-state index in [1.54, 1.807) is 25.2 Å². The lowest BCUT2D eigenvalue weighted by molar-refractivity contribution is 0.0682. The van der Waals surface area contributed by atoms with E-state index in [-0.39, 0.29) is 17.0 Å². The molecule has 5 nitrogen and oxygen atoms in total. The molecular formula is C13H13NO4. The molecule has 0 unspecified atom stereocenters. The normalized spacial score (nSPS) is 10.6. The predicted molar refractivity (Wildman–Crippen MR) is 66.4 cm³/mol. The average Bonchev–Trinajstić information content (AvgIpc) is 2.62.